The van der Waals surface area contributed by atoms with Crippen LogP contribution in [0.25, 0.3) is 0 Å². The lowest BCUT2D eigenvalue weighted by Crippen LogP contribution is -2.20. The van der Waals surface area contributed by atoms with Crippen LogP contribution in [-0.4, -0.2) is 19.7 Å². The van der Waals surface area contributed by atoms with Crippen molar-refractivity contribution >= 4 is 0 Å². The highest BCUT2D eigenvalue weighted by molar-refractivity contribution is 5.21. The first-order valence-corrected chi connectivity index (χ1v) is 4.76. The minimum atomic E-state index is 0.259. The van der Waals surface area contributed by atoms with Gasteiger partial charge in [-0.25, -0.2) is 0 Å². The van der Waals surface area contributed by atoms with Crippen molar-refractivity contribution in [1.29, 1.82) is 0 Å². The van der Waals surface area contributed by atoms with Crippen LogP contribution >= 0.6 is 0 Å². The molecule has 0 fully saturated rings. The minimum absolute atomic E-state index is 0.259. The molecule has 0 bridgehead atoms. The van der Waals surface area contributed by atoms with Crippen molar-refractivity contribution in [2.45, 2.75) is 26.7 Å². The number of hydrogen-bond acceptors (Lipinski definition) is 2. The van der Waals surface area contributed by atoms with Crippen LogP contribution in [0.4, 0.5) is 0 Å². The largest absolute Gasteiger partial charge is 0.497 e. The van der Waals surface area contributed by atoms with E-state index in [2.05, 4.69) is 19.2 Å². The summed E-state index contributed by atoms with van der Waals surface area (Å²) in [5, 5.41) is 3.44. The third-order valence-corrected chi connectivity index (χ3v) is 2.85. The smallest absolute Gasteiger partial charge is 0.102 e. The molecule has 2 heteroatoms. The Morgan fingerprint density at radius 1 is 1.42 bits per heavy atom. The summed E-state index contributed by atoms with van der Waals surface area (Å²) in [5.41, 5.74) is 1.76. The van der Waals surface area contributed by atoms with Gasteiger partial charge in [0.25, 0.3) is 0 Å². The van der Waals surface area contributed by atoms with E-state index < -0.39 is 0 Å². The molecule has 2 heterocycles. The Morgan fingerprint density at radius 2 is 2.25 bits per heavy atom. The number of hydrogen-bond donors (Lipinski definition) is 1. The Hall–Kier alpha value is -0.500. The molecular formula is C10H17NO. The van der Waals surface area contributed by atoms with Gasteiger partial charge in [0.15, 0.2) is 0 Å². The van der Waals surface area contributed by atoms with Gasteiger partial charge in [-0.1, -0.05) is 13.8 Å². The Kier molecular flexibility index (Phi) is 1.87. The fourth-order valence-corrected chi connectivity index (χ4v) is 2.09. The van der Waals surface area contributed by atoms with Crippen LogP contribution in [0.15, 0.2) is 11.3 Å². The maximum absolute atomic E-state index is 5.69. The van der Waals surface area contributed by atoms with Crippen molar-refractivity contribution in [3.63, 3.8) is 0 Å². The van der Waals surface area contributed by atoms with E-state index in [1.807, 2.05) is 0 Å². The Bertz CT molecular complexity index is 218. The van der Waals surface area contributed by atoms with E-state index in [0.29, 0.717) is 0 Å². The number of ether oxygens (including phenoxy) is 1. The van der Waals surface area contributed by atoms with E-state index in [4.69, 9.17) is 4.74 Å². The van der Waals surface area contributed by atoms with Gasteiger partial charge in [0.05, 0.1) is 6.61 Å². The van der Waals surface area contributed by atoms with E-state index >= 15 is 0 Å². The molecule has 2 aliphatic heterocycles. The van der Waals surface area contributed by atoms with Gasteiger partial charge in [-0.15, -0.1) is 0 Å². The van der Waals surface area contributed by atoms with Crippen LogP contribution in [0.3, 0.4) is 0 Å². The van der Waals surface area contributed by atoms with Crippen LogP contribution < -0.4 is 5.32 Å². The van der Waals surface area contributed by atoms with Gasteiger partial charge in [-0.2, -0.15) is 0 Å². The minimum Gasteiger partial charge on any atom is -0.497 e. The molecule has 0 amide bonds. The second-order valence-corrected chi connectivity index (χ2v) is 4.34. The van der Waals surface area contributed by atoms with Crippen molar-refractivity contribution < 1.29 is 4.74 Å². The second kappa shape index (κ2) is 2.77. The summed E-state index contributed by atoms with van der Waals surface area (Å²) in [6.45, 7) is 7.61. The monoisotopic (exact) mass is 167 g/mol. The third-order valence-electron chi connectivity index (χ3n) is 2.85. The van der Waals surface area contributed by atoms with Gasteiger partial charge >= 0.3 is 0 Å². The average molecular weight is 167 g/mol. The molecule has 0 unspecified atom stereocenters. The van der Waals surface area contributed by atoms with Crippen LogP contribution in [0, 0.1) is 5.41 Å². The topological polar surface area (TPSA) is 21.3 Å². The number of rotatable bonds is 0. The zero-order valence-electron chi connectivity index (χ0n) is 7.94. The van der Waals surface area contributed by atoms with Crippen LogP contribution in [0.1, 0.15) is 26.7 Å². The highest BCUT2D eigenvalue weighted by atomic mass is 16.5. The Morgan fingerprint density at radius 3 is 3.08 bits per heavy atom. The van der Waals surface area contributed by atoms with E-state index in [1.165, 1.54) is 17.8 Å². The number of nitrogens with one attached hydrogen (secondary N) is 1. The van der Waals surface area contributed by atoms with Crippen LogP contribution in [0.5, 0.6) is 0 Å². The van der Waals surface area contributed by atoms with E-state index in [1.54, 1.807) is 0 Å². The first-order chi connectivity index (χ1) is 5.70. The van der Waals surface area contributed by atoms with Crippen molar-refractivity contribution in [3.05, 3.63) is 11.3 Å². The molecule has 0 spiro atoms. The zero-order chi connectivity index (χ0) is 8.60. The highest BCUT2D eigenvalue weighted by Gasteiger charge is 2.32. The quantitative estimate of drug-likeness (QED) is 0.592. The predicted molar refractivity (Wildman–Crippen MR) is 48.9 cm³/mol. The summed E-state index contributed by atoms with van der Waals surface area (Å²) >= 11 is 0. The van der Waals surface area contributed by atoms with Gasteiger partial charge < -0.3 is 10.1 Å². The summed E-state index contributed by atoms with van der Waals surface area (Å²) in [5.74, 6) is 1.27. The molecule has 2 nitrogen and oxygen atoms in total. The standard InChI is InChI=1S/C10H17NO/c1-10(2)4-5-11-7-8-3-6-12-9(8)10/h11H,3-7H2,1-2H3. The lowest BCUT2D eigenvalue weighted by molar-refractivity contribution is 0.164. The van der Waals surface area contributed by atoms with Crippen LogP contribution in [-0.2, 0) is 4.74 Å². The molecule has 0 aliphatic carbocycles. The summed E-state index contributed by atoms with van der Waals surface area (Å²) < 4.78 is 5.69. The molecule has 0 atom stereocenters. The third kappa shape index (κ3) is 1.24. The predicted octanol–water partition coefficient (Wildman–Crippen LogP) is 1.68. The molecule has 68 valence electrons. The van der Waals surface area contributed by atoms with Gasteiger partial charge in [-0.05, 0) is 18.5 Å². The SMILES string of the molecule is CC1(C)CCNCC2=C1OCC2. The van der Waals surface area contributed by atoms with Crippen molar-refractivity contribution in [2.75, 3.05) is 19.7 Å². The molecule has 2 aliphatic rings. The molecule has 0 radical (unpaired) electrons. The molecule has 0 aromatic carbocycles. The maximum atomic E-state index is 5.69. The molecule has 0 saturated heterocycles. The van der Waals surface area contributed by atoms with E-state index in [0.717, 1.165) is 26.1 Å². The van der Waals surface area contributed by atoms with E-state index in [-0.39, 0.29) is 5.41 Å². The summed E-state index contributed by atoms with van der Waals surface area (Å²) in [6.07, 6.45) is 2.32. The number of allylic oxidation sites excluding steroid dienone is 1. The zero-order valence-corrected chi connectivity index (χ0v) is 7.94. The Labute approximate surface area is 74.0 Å². The van der Waals surface area contributed by atoms with Gasteiger partial charge in [0.1, 0.15) is 5.76 Å². The fourth-order valence-electron chi connectivity index (χ4n) is 2.09. The first-order valence-electron chi connectivity index (χ1n) is 4.76. The molecule has 0 aromatic rings. The maximum Gasteiger partial charge on any atom is 0.102 e. The lowest BCUT2D eigenvalue weighted by Gasteiger charge is -2.24. The Balaban J connectivity index is 2.29. The average Bonchev–Trinajstić information content (AvgIpc) is 2.42. The molecule has 0 aromatic heterocycles. The van der Waals surface area contributed by atoms with Gasteiger partial charge in [0, 0.05) is 18.4 Å². The molecule has 0 saturated carbocycles. The van der Waals surface area contributed by atoms with Gasteiger partial charge in [0.2, 0.25) is 0 Å². The van der Waals surface area contributed by atoms with Gasteiger partial charge in [-0.3, -0.25) is 0 Å². The molecule has 12 heavy (non-hydrogen) atoms. The lowest BCUT2D eigenvalue weighted by atomic mass is 9.86. The molecule has 2 rings (SSSR count). The van der Waals surface area contributed by atoms with Crippen LogP contribution in [0.2, 0.25) is 0 Å². The summed E-state index contributed by atoms with van der Waals surface area (Å²) in [4.78, 5) is 0. The first kappa shape index (κ1) is 8.11. The summed E-state index contributed by atoms with van der Waals surface area (Å²) in [6, 6.07) is 0. The molecular weight excluding hydrogens is 150 g/mol. The fraction of sp³-hybridized carbons (Fsp3) is 0.800. The second-order valence-electron chi connectivity index (χ2n) is 4.34. The molecule has 1 N–H and O–H groups in total. The summed E-state index contributed by atoms with van der Waals surface area (Å²) in [7, 11) is 0. The van der Waals surface area contributed by atoms with E-state index in [9.17, 15) is 0 Å². The normalized spacial score (nSPS) is 27.8. The van der Waals surface area contributed by atoms with Crippen molar-refractivity contribution in [1.82, 2.24) is 5.32 Å². The van der Waals surface area contributed by atoms with Crippen molar-refractivity contribution in [2.24, 2.45) is 5.41 Å². The highest BCUT2D eigenvalue weighted by Crippen LogP contribution is 2.38. The van der Waals surface area contributed by atoms with Crippen molar-refractivity contribution in [3.8, 4) is 0 Å².